The van der Waals surface area contributed by atoms with Crippen LogP contribution in [0.5, 0.6) is 0 Å². The molecule has 4 aromatic carbocycles. The summed E-state index contributed by atoms with van der Waals surface area (Å²) in [5.41, 5.74) is 10.3. The third-order valence-electron chi connectivity index (χ3n) is 9.50. The summed E-state index contributed by atoms with van der Waals surface area (Å²) in [5, 5.41) is 8.50. The normalized spacial score (nSPS) is 16.5. The van der Waals surface area contributed by atoms with Gasteiger partial charge in [0, 0.05) is 31.0 Å². The predicted molar refractivity (Wildman–Crippen MR) is 215 cm³/mol. The summed E-state index contributed by atoms with van der Waals surface area (Å²) in [4.78, 5) is 53.7. The van der Waals surface area contributed by atoms with Crippen LogP contribution in [0.3, 0.4) is 0 Å². The minimum atomic E-state index is -4.15. The molecule has 3 atom stereocenters. The smallest absolute Gasteiger partial charge is 0.323 e. The molecule has 0 bridgehead atoms. The second kappa shape index (κ2) is 18.0. The first-order valence-corrected chi connectivity index (χ1v) is 19.6. The molecule has 1 saturated heterocycles. The largest absolute Gasteiger partial charge is 0.368 e. The van der Waals surface area contributed by atoms with Crippen molar-refractivity contribution in [2.24, 2.45) is 11.7 Å². The quantitative estimate of drug-likeness (QED) is 0.121. The number of sulfonamides is 1. The van der Waals surface area contributed by atoms with E-state index in [0.717, 1.165) is 21.0 Å². The van der Waals surface area contributed by atoms with Crippen LogP contribution >= 0.6 is 0 Å². The number of para-hydroxylation sites is 1. The molecule has 1 fully saturated rings. The molecule has 1 aliphatic rings. The van der Waals surface area contributed by atoms with Crippen molar-refractivity contribution in [1.29, 1.82) is 0 Å². The fourth-order valence-electron chi connectivity index (χ4n) is 6.44. The number of carbonyl (C=O) groups excluding carboxylic acids is 4. The Hall–Kier alpha value is -5.79. The van der Waals surface area contributed by atoms with Crippen molar-refractivity contribution in [2.75, 3.05) is 24.2 Å². The molecule has 5 rings (SSSR count). The van der Waals surface area contributed by atoms with E-state index in [4.69, 9.17) is 5.73 Å². The van der Waals surface area contributed by atoms with Gasteiger partial charge in [0.15, 0.2) is 0 Å². The van der Waals surface area contributed by atoms with Crippen LogP contribution in [0.1, 0.15) is 48.9 Å². The highest BCUT2D eigenvalue weighted by molar-refractivity contribution is 7.89. The second-order valence-electron chi connectivity index (χ2n) is 14.2. The predicted octanol–water partition coefficient (Wildman–Crippen LogP) is 5.66. The van der Waals surface area contributed by atoms with Gasteiger partial charge in [0.1, 0.15) is 12.1 Å². The summed E-state index contributed by atoms with van der Waals surface area (Å²) in [5.74, 6) is -1.52. The molecule has 1 aliphatic heterocycles. The van der Waals surface area contributed by atoms with Gasteiger partial charge in [-0.15, -0.1) is 0 Å². The topological polar surface area (TPSA) is 171 Å². The molecule has 0 aromatic heterocycles. The molecule has 55 heavy (non-hydrogen) atoms. The minimum Gasteiger partial charge on any atom is -0.368 e. The highest BCUT2D eigenvalue weighted by atomic mass is 32.2. The van der Waals surface area contributed by atoms with Gasteiger partial charge in [-0.05, 0) is 78.3 Å². The lowest BCUT2D eigenvalue weighted by Crippen LogP contribution is -2.51. The van der Waals surface area contributed by atoms with E-state index in [-0.39, 0.29) is 36.1 Å². The number of amides is 5. The van der Waals surface area contributed by atoms with E-state index >= 15 is 0 Å². The van der Waals surface area contributed by atoms with Crippen LogP contribution in [-0.2, 0) is 30.8 Å². The summed E-state index contributed by atoms with van der Waals surface area (Å²) >= 11 is 0. The number of nitrogens with zero attached hydrogens (tertiary/aromatic N) is 2. The Labute approximate surface area is 322 Å². The average molecular weight is 765 g/mol. The molecule has 5 amide bonds. The number of rotatable bonds is 14. The highest BCUT2D eigenvalue weighted by Gasteiger charge is 2.44. The zero-order valence-corrected chi connectivity index (χ0v) is 32.3. The lowest BCUT2D eigenvalue weighted by molar-refractivity contribution is -0.139. The first-order valence-electron chi connectivity index (χ1n) is 18.1. The molecule has 13 heteroatoms. The van der Waals surface area contributed by atoms with E-state index in [2.05, 4.69) is 16.0 Å². The van der Waals surface area contributed by atoms with Gasteiger partial charge >= 0.3 is 6.03 Å². The van der Waals surface area contributed by atoms with Crippen molar-refractivity contribution in [1.82, 2.24) is 14.5 Å². The first kappa shape index (κ1) is 40.4. The number of anilines is 2. The van der Waals surface area contributed by atoms with E-state index in [1.807, 2.05) is 87.5 Å². The Bertz CT molecular complexity index is 2120. The van der Waals surface area contributed by atoms with E-state index in [0.29, 0.717) is 23.4 Å². The fourth-order valence-corrected chi connectivity index (χ4v) is 8.09. The first-order chi connectivity index (χ1) is 26.2. The Morgan fingerprint density at radius 3 is 2.09 bits per heavy atom. The standard InChI is InChI=1S/C42H48N6O6S/c1-28(2)24-38(47(4)39(49)25-32-16-20-33(21-17-32)45-42(52)46-36-13-9-8-10-29(36)3)41(51)44-34-26-37(40(43)50)48(27-34)55(53,54)35-22-18-31(19-23-35)15-14-30-11-6-5-7-12-30/h5-23,28,34,37-38H,24-27H2,1-4H3,(H2,43,50)(H,44,51)(H2,45,46,52)/t34?,37?,38-/m0/s1. The van der Waals surface area contributed by atoms with Gasteiger partial charge in [-0.1, -0.05) is 98.8 Å². The van der Waals surface area contributed by atoms with Gasteiger partial charge in [0.05, 0.1) is 11.3 Å². The summed E-state index contributed by atoms with van der Waals surface area (Å²) < 4.78 is 28.6. The number of hydrogen-bond donors (Lipinski definition) is 4. The van der Waals surface area contributed by atoms with Crippen LogP contribution in [0.15, 0.2) is 108 Å². The van der Waals surface area contributed by atoms with Gasteiger partial charge in [-0.25, -0.2) is 13.2 Å². The summed E-state index contributed by atoms with van der Waals surface area (Å²) in [6, 6.07) is 27.2. The third-order valence-corrected chi connectivity index (χ3v) is 11.4. The van der Waals surface area contributed by atoms with Crippen LogP contribution in [-0.4, -0.2) is 73.1 Å². The van der Waals surface area contributed by atoms with Crippen molar-refractivity contribution in [3.63, 3.8) is 0 Å². The van der Waals surface area contributed by atoms with E-state index in [1.54, 1.807) is 43.4 Å². The van der Waals surface area contributed by atoms with Gasteiger partial charge in [0.25, 0.3) is 0 Å². The lowest BCUT2D eigenvalue weighted by Gasteiger charge is -2.30. The number of hydrogen-bond acceptors (Lipinski definition) is 6. The van der Waals surface area contributed by atoms with E-state index in [1.165, 1.54) is 17.0 Å². The zero-order chi connectivity index (χ0) is 39.7. The van der Waals surface area contributed by atoms with Gasteiger partial charge in [-0.2, -0.15) is 4.31 Å². The van der Waals surface area contributed by atoms with Crippen molar-refractivity contribution in [3.05, 3.63) is 125 Å². The molecule has 0 radical (unpaired) electrons. The minimum absolute atomic E-state index is 0.0000463. The molecule has 2 unspecified atom stereocenters. The number of likely N-dealkylation sites (N-methyl/N-ethyl adjacent to an activating group) is 1. The number of nitrogens with two attached hydrogens (primary N) is 1. The number of aryl methyl sites for hydroxylation is 1. The summed E-state index contributed by atoms with van der Waals surface area (Å²) in [6.07, 6.45) is 4.15. The molecule has 4 aromatic rings. The molecule has 1 heterocycles. The molecule has 0 spiro atoms. The Kier molecular flexibility index (Phi) is 13.2. The van der Waals surface area contributed by atoms with Crippen molar-refractivity contribution >= 4 is 57.3 Å². The van der Waals surface area contributed by atoms with Crippen LogP contribution in [0.4, 0.5) is 16.2 Å². The van der Waals surface area contributed by atoms with Crippen molar-refractivity contribution in [3.8, 4) is 0 Å². The molecule has 0 saturated carbocycles. The van der Waals surface area contributed by atoms with Gasteiger partial charge in [0.2, 0.25) is 27.7 Å². The monoisotopic (exact) mass is 764 g/mol. The Balaban J connectivity index is 1.21. The number of primary amides is 1. The number of carbonyl (C=O) groups is 4. The van der Waals surface area contributed by atoms with Gasteiger partial charge < -0.3 is 26.6 Å². The van der Waals surface area contributed by atoms with Gasteiger partial charge in [-0.3, -0.25) is 14.4 Å². The zero-order valence-electron chi connectivity index (χ0n) is 31.4. The maximum Gasteiger partial charge on any atom is 0.323 e. The van der Waals surface area contributed by atoms with Crippen molar-refractivity contribution < 1.29 is 27.6 Å². The fraction of sp³-hybridized carbons (Fsp3) is 0.286. The Morgan fingerprint density at radius 1 is 0.855 bits per heavy atom. The number of urea groups is 1. The number of benzene rings is 4. The highest BCUT2D eigenvalue weighted by Crippen LogP contribution is 2.28. The van der Waals surface area contributed by atoms with Crippen LogP contribution in [0, 0.1) is 12.8 Å². The second-order valence-corrected chi connectivity index (χ2v) is 16.1. The summed E-state index contributed by atoms with van der Waals surface area (Å²) in [7, 11) is -2.58. The Morgan fingerprint density at radius 2 is 1.47 bits per heavy atom. The SMILES string of the molecule is Cc1ccccc1NC(=O)Nc1ccc(CC(=O)N(C)[C@@H](CC(C)C)C(=O)NC2CC(C(N)=O)N(S(=O)(=O)c3ccc(C=Cc4ccccc4)cc3)C2)cc1. The lowest BCUT2D eigenvalue weighted by atomic mass is 10.0. The van der Waals surface area contributed by atoms with Crippen LogP contribution < -0.4 is 21.7 Å². The molecule has 12 nitrogen and oxygen atoms in total. The number of nitrogens with one attached hydrogen (secondary N) is 3. The molecular formula is C42H48N6O6S. The maximum atomic E-state index is 13.8. The molecular weight excluding hydrogens is 717 g/mol. The maximum absolute atomic E-state index is 13.8. The van der Waals surface area contributed by atoms with Crippen LogP contribution in [0.2, 0.25) is 0 Å². The van der Waals surface area contributed by atoms with E-state index in [9.17, 15) is 27.6 Å². The average Bonchev–Trinajstić information content (AvgIpc) is 3.60. The van der Waals surface area contributed by atoms with Crippen LogP contribution in [0.25, 0.3) is 12.2 Å². The summed E-state index contributed by atoms with van der Waals surface area (Å²) in [6.45, 7) is 5.62. The molecule has 288 valence electrons. The molecule has 5 N–H and O–H groups in total. The third kappa shape index (κ3) is 10.7. The van der Waals surface area contributed by atoms with Crippen molar-refractivity contribution in [2.45, 2.75) is 63.1 Å². The van der Waals surface area contributed by atoms with E-state index < -0.39 is 46.0 Å². The molecule has 0 aliphatic carbocycles.